The smallest absolute Gasteiger partial charge is 0.191 e. The van der Waals surface area contributed by atoms with E-state index in [2.05, 4.69) is 70.8 Å². The Morgan fingerprint density at radius 1 is 1.06 bits per heavy atom. The van der Waals surface area contributed by atoms with Crippen LogP contribution < -0.4 is 25.0 Å². The lowest BCUT2D eigenvalue weighted by Crippen LogP contribution is -2.49. The molecule has 0 aromatic heterocycles. The fraction of sp³-hybridized carbons (Fsp3) is 0.480. The van der Waals surface area contributed by atoms with E-state index < -0.39 is 0 Å². The highest BCUT2D eigenvalue weighted by Crippen LogP contribution is 2.30. The van der Waals surface area contributed by atoms with Gasteiger partial charge in [-0.3, -0.25) is 4.99 Å². The Labute approximate surface area is 209 Å². The van der Waals surface area contributed by atoms with E-state index in [4.69, 9.17) is 9.47 Å². The monoisotopic (exact) mass is 552 g/mol. The van der Waals surface area contributed by atoms with Gasteiger partial charge in [-0.05, 0) is 31.2 Å². The molecule has 32 heavy (non-hydrogen) atoms. The van der Waals surface area contributed by atoms with Crippen molar-refractivity contribution in [3.05, 3.63) is 53.6 Å². The van der Waals surface area contributed by atoms with Crippen molar-refractivity contribution in [1.82, 2.24) is 10.6 Å². The van der Waals surface area contributed by atoms with Crippen LogP contribution in [0, 0.1) is 6.92 Å². The first-order chi connectivity index (χ1) is 15.0. The second kappa shape index (κ2) is 12.8. The van der Waals surface area contributed by atoms with Crippen LogP contribution in [0.25, 0.3) is 0 Å². The first kappa shape index (κ1) is 26.1. The molecule has 1 aliphatic heterocycles. The van der Waals surface area contributed by atoms with Crippen LogP contribution in [0.15, 0.2) is 47.5 Å². The second-order valence-electron chi connectivity index (χ2n) is 8.24. The van der Waals surface area contributed by atoms with Crippen molar-refractivity contribution in [2.75, 3.05) is 45.8 Å². The van der Waals surface area contributed by atoms with Crippen molar-refractivity contribution in [3.8, 4) is 11.5 Å². The number of hydrogen-bond acceptors (Lipinski definition) is 4. The van der Waals surface area contributed by atoms with Crippen molar-refractivity contribution in [2.24, 2.45) is 4.99 Å². The molecule has 0 radical (unpaired) electrons. The topological polar surface area (TPSA) is 58.1 Å². The third-order valence-electron chi connectivity index (χ3n) is 5.98. The Balaban J connectivity index is 0.00000363. The van der Waals surface area contributed by atoms with Gasteiger partial charge in [0.25, 0.3) is 0 Å². The number of aryl methyl sites for hydroxylation is 1. The molecule has 1 unspecified atom stereocenters. The third kappa shape index (κ3) is 7.18. The maximum absolute atomic E-state index is 5.42. The zero-order valence-corrected chi connectivity index (χ0v) is 22.2. The fourth-order valence-electron chi connectivity index (χ4n) is 3.91. The minimum atomic E-state index is 0. The van der Waals surface area contributed by atoms with E-state index in [1.165, 1.54) is 11.1 Å². The Morgan fingerprint density at radius 3 is 2.19 bits per heavy atom. The van der Waals surface area contributed by atoms with Gasteiger partial charge in [0, 0.05) is 56.6 Å². The maximum Gasteiger partial charge on any atom is 0.191 e. The summed E-state index contributed by atoms with van der Waals surface area (Å²) >= 11 is 0. The van der Waals surface area contributed by atoms with E-state index in [9.17, 15) is 0 Å². The first-order valence-electron chi connectivity index (χ1n) is 11.0. The van der Waals surface area contributed by atoms with Crippen LogP contribution in [0.3, 0.4) is 0 Å². The number of piperidine rings is 1. The van der Waals surface area contributed by atoms with Crippen LogP contribution in [0.2, 0.25) is 0 Å². The van der Waals surface area contributed by atoms with Crippen LogP contribution in [-0.4, -0.2) is 52.9 Å². The number of benzene rings is 2. The second-order valence-corrected chi connectivity index (χ2v) is 8.24. The number of hydrogen-bond donors (Lipinski definition) is 2. The summed E-state index contributed by atoms with van der Waals surface area (Å²) in [4.78, 5) is 6.82. The molecular weight excluding hydrogens is 515 g/mol. The summed E-state index contributed by atoms with van der Waals surface area (Å²) in [6.07, 6.45) is 2.10. The molecule has 2 aromatic carbocycles. The van der Waals surface area contributed by atoms with Crippen molar-refractivity contribution < 1.29 is 9.47 Å². The predicted molar refractivity (Wildman–Crippen MR) is 144 cm³/mol. The van der Waals surface area contributed by atoms with E-state index in [0.29, 0.717) is 12.0 Å². The van der Waals surface area contributed by atoms with Gasteiger partial charge < -0.3 is 25.0 Å². The molecule has 1 aliphatic rings. The molecule has 2 N–H and O–H groups in total. The van der Waals surface area contributed by atoms with Crippen molar-refractivity contribution in [1.29, 1.82) is 0 Å². The van der Waals surface area contributed by atoms with Crippen LogP contribution >= 0.6 is 24.0 Å². The average Bonchev–Trinajstić information content (AvgIpc) is 2.81. The van der Waals surface area contributed by atoms with Crippen LogP contribution in [0.4, 0.5) is 5.69 Å². The number of anilines is 1. The van der Waals surface area contributed by atoms with Crippen LogP contribution in [0.5, 0.6) is 11.5 Å². The van der Waals surface area contributed by atoms with Gasteiger partial charge in [0.1, 0.15) is 11.5 Å². The Kier molecular flexibility index (Phi) is 10.4. The van der Waals surface area contributed by atoms with Crippen LogP contribution in [-0.2, 0) is 0 Å². The van der Waals surface area contributed by atoms with Gasteiger partial charge >= 0.3 is 0 Å². The first-order valence-corrected chi connectivity index (χ1v) is 11.0. The fourth-order valence-corrected chi connectivity index (χ4v) is 3.91. The van der Waals surface area contributed by atoms with Gasteiger partial charge in [0.05, 0.1) is 14.2 Å². The number of halogens is 1. The summed E-state index contributed by atoms with van der Waals surface area (Å²) in [5.74, 6) is 2.94. The molecule has 176 valence electrons. The SMILES string of the molecule is CN=C(NCC(C)c1ccc(C)cc1)NC1CCN(c2cc(OC)cc(OC)c2)CC1.I. The third-order valence-corrected chi connectivity index (χ3v) is 5.98. The van der Waals surface area contributed by atoms with E-state index in [1.807, 2.05) is 13.1 Å². The lowest BCUT2D eigenvalue weighted by Gasteiger charge is -2.35. The summed E-state index contributed by atoms with van der Waals surface area (Å²) in [5.41, 5.74) is 3.78. The highest BCUT2D eigenvalue weighted by molar-refractivity contribution is 14.0. The standard InChI is InChI=1S/C25H36N4O2.HI/c1-18-6-8-20(9-7-18)19(2)17-27-25(26-3)28-21-10-12-29(13-11-21)22-14-23(30-4)16-24(15-22)31-5;/h6-9,14-16,19,21H,10-13,17H2,1-5H3,(H2,26,27,28);1H. The summed E-state index contributed by atoms with van der Waals surface area (Å²) in [6.45, 7) is 7.17. The van der Waals surface area contributed by atoms with Crippen LogP contribution in [0.1, 0.15) is 36.8 Å². The highest BCUT2D eigenvalue weighted by atomic mass is 127. The summed E-state index contributed by atoms with van der Waals surface area (Å²) in [5, 5.41) is 7.10. The lowest BCUT2D eigenvalue weighted by molar-refractivity contribution is 0.393. The van der Waals surface area contributed by atoms with E-state index >= 15 is 0 Å². The molecule has 0 saturated carbocycles. The quantitative estimate of drug-likeness (QED) is 0.300. The van der Waals surface area contributed by atoms with Gasteiger partial charge in [-0.2, -0.15) is 0 Å². The van der Waals surface area contributed by atoms with Gasteiger partial charge in [-0.25, -0.2) is 0 Å². The number of nitrogens with zero attached hydrogens (tertiary/aromatic N) is 2. The Hall–Kier alpha value is -2.16. The van der Waals surface area contributed by atoms with Crippen molar-refractivity contribution >= 4 is 35.6 Å². The largest absolute Gasteiger partial charge is 0.497 e. The number of rotatable bonds is 7. The lowest BCUT2D eigenvalue weighted by atomic mass is 10.00. The molecule has 0 aliphatic carbocycles. The molecule has 1 fully saturated rings. The molecule has 7 heteroatoms. The molecule has 1 saturated heterocycles. The molecule has 2 aromatic rings. The molecular formula is C25H37IN4O2. The molecule has 3 rings (SSSR count). The van der Waals surface area contributed by atoms with Gasteiger partial charge in [0.15, 0.2) is 5.96 Å². The number of ether oxygens (including phenoxy) is 2. The van der Waals surface area contributed by atoms with Crippen molar-refractivity contribution in [2.45, 2.75) is 38.6 Å². The Morgan fingerprint density at radius 2 is 1.66 bits per heavy atom. The zero-order chi connectivity index (χ0) is 22.2. The molecule has 6 nitrogen and oxygen atoms in total. The summed E-state index contributed by atoms with van der Waals surface area (Å²) in [6, 6.07) is 15.2. The molecule has 1 atom stereocenters. The van der Waals surface area contributed by atoms with Crippen molar-refractivity contribution in [3.63, 3.8) is 0 Å². The molecule has 0 bridgehead atoms. The predicted octanol–water partition coefficient (Wildman–Crippen LogP) is 4.57. The molecule has 0 spiro atoms. The van der Waals surface area contributed by atoms with E-state index in [1.54, 1.807) is 14.2 Å². The number of nitrogens with one attached hydrogen (secondary N) is 2. The van der Waals surface area contributed by atoms with E-state index in [-0.39, 0.29) is 24.0 Å². The highest BCUT2D eigenvalue weighted by Gasteiger charge is 2.21. The average molecular weight is 553 g/mol. The molecule has 1 heterocycles. The van der Waals surface area contributed by atoms with Gasteiger partial charge in [0.2, 0.25) is 0 Å². The van der Waals surface area contributed by atoms with Gasteiger partial charge in [-0.1, -0.05) is 36.8 Å². The van der Waals surface area contributed by atoms with Gasteiger partial charge in [-0.15, -0.1) is 24.0 Å². The normalized spacial score (nSPS) is 15.5. The minimum absolute atomic E-state index is 0. The summed E-state index contributed by atoms with van der Waals surface area (Å²) in [7, 11) is 5.21. The Bertz CT molecular complexity index is 842. The minimum Gasteiger partial charge on any atom is -0.497 e. The number of aliphatic imine (C=N–C) groups is 1. The summed E-state index contributed by atoms with van der Waals surface area (Å²) < 4.78 is 10.8. The van der Waals surface area contributed by atoms with E-state index in [0.717, 1.165) is 55.6 Å². The number of guanidine groups is 1. The zero-order valence-electron chi connectivity index (χ0n) is 19.9. The maximum atomic E-state index is 5.42. The number of methoxy groups -OCH3 is 2. The molecule has 0 amide bonds.